The predicted molar refractivity (Wildman–Crippen MR) is 77.2 cm³/mol. The van der Waals surface area contributed by atoms with Crippen LogP contribution in [0.4, 0.5) is 18.9 Å². The molecular formula is C14H18F3N3O3. The van der Waals surface area contributed by atoms with E-state index in [4.69, 9.17) is 0 Å². The average molecular weight is 333 g/mol. The first kappa shape index (κ1) is 17.5. The van der Waals surface area contributed by atoms with E-state index >= 15 is 0 Å². The quantitative estimate of drug-likeness (QED) is 0.640. The van der Waals surface area contributed by atoms with E-state index in [2.05, 4.69) is 5.32 Å². The molecule has 0 aliphatic carbocycles. The molecule has 9 heteroatoms. The number of aromatic hydroxyl groups is 1. The van der Waals surface area contributed by atoms with Gasteiger partial charge in [-0.2, -0.15) is 13.2 Å². The zero-order chi connectivity index (χ0) is 17.0. The first-order valence-electron chi connectivity index (χ1n) is 7.27. The van der Waals surface area contributed by atoms with Crippen molar-refractivity contribution in [2.75, 3.05) is 26.2 Å². The standard InChI is InChI=1S/C14H18F3N3O3/c15-14(16,17)4-3-12(19-7-5-18-6-8-19)11-9-10(21)1-2-13(11)20(22)23/h1-2,9,12,18,21H,3-8H2/t12-/m1/s1. The summed E-state index contributed by atoms with van der Waals surface area (Å²) in [4.78, 5) is 12.4. The summed E-state index contributed by atoms with van der Waals surface area (Å²) >= 11 is 0. The fourth-order valence-electron chi connectivity index (χ4n) is 2.80. The molecule has 0 amide bonds. The third kappa shape index (κ3) is 4.80. The van der Waals surface area contributed by atoms with E-state index in [1.165, 1.54) is 12.1 Å². The Morgan fingerprint density at radius 3 is 2.57 bits per heavy atom. The fourth-order valence-corrected chi connectivity index (χ4v) is 2.80. The molecule has 1 aliphatic heterocycles. The molecule has 128 valence electrons. The van der Waals surface area contributed by atoms with Crippen molar-refractivity contribution in [1.82, 2.24) is 10.2 Å². The largest absolute Gasteiger partial charge is 0.508 e. The Morgan fingerprint density at radius 1 is 1.35 bits per heavy atom. The first-order chi connectivity index (χ1) is 10.8. The highest BCUT2D eigenvalue weighted by molar-refractivity contribution is 5.46. The molecule has 1 saturated heterocycles. The van der Waals surface area contributed by atoms with Gasteiger partial charge in [-0.15, -0.1) is 0 Å². The molecule has 0 unspecified atom stereocenters. The van der Waals surface area contributed by atoms with Crippen LogP contribution in [-0.2, 0) is 0 Å². The molecule has 0 radical (unpaired) electrons. The van der Waals surface area contributed by atoms with Crippen molar-refractivity contribution in [1.29, 1.82) is 0 Å². The van der Waals surface area contributed by atoms with Gasteiger partial charge in [0.2, 0.25) is 0 Å². The number of phenols is 1. The van der Waals surface area contributed by atoms with Gasteiger partial charge in [-0.3, -0.25) is 15.0 Å². The summed E-state index contributed by atoms with van der Waals surface area (Å²) in [7, 11) is 0. The Morgan fingerprint density at radius 2 is 2.00 bits per heavy atom. The number of hydrogen-bond donors (Lipinski definition) is 2. The lowest BCUT2D eigenvalue weighted by Gasteiger charge is -2.35. The monoisotopic (exact) mass is 333 g/mol. The van der Waals surface area contributed by atoms with Crippen LogP contribution in [0, 0.1) is 10.1 Å². The molecule has 0 bridgehead atoms. The molecule has 0 aromatic heterocycles. The maximum atomic E-state index is 12.6. The molecule has 1 aliphatic rings. The van der Waals surface area contributed by atoms with E-state index in [0.29, 0.717) is 26.2 Å². The Kier molecular flexibility index (Phi) is 5.42. The smallest absolute Gasteiger partial charge is 0.389 e. The van der Waals surface area contributed by atoms with Gasteiger partial charge in [0, 0.05) is 44.7 Å². The number of nitro benzene ring substituents is 1. The second-order valence-electron chi connectivity index (χ2n) is 5.46. The predicted octanol–water partition coefficient (Wildman–Crippen LogP) is 2.59. The molecular weight excluding hydrogens is 315 g/mol. The minimum absolute atomic E-state index is 0.126. The van der Waals surface area contributed by atoms with Gasteiger partial charge in [0.05, 0.1) is 10.5 Å². The van der Waals surface area contributed by atoms with Crippen LogP contribution in [0.1, 0.15) is 24.4 Å². The number of benzene rings is 1. The highest BCUT2D eigenvalue weighted by atomic mass is 19.4. The molecule has 0 saturated carbocycles. The number of nitrogens with zero attached hydrogens (tertiary/aromatic N) is 2. The van der Waals surface area contributed by atoms with Gasteiger partial charge in [-0.05, 0) is 18.6 Å². The number of phenolic OH excluding ortho intramolecular Hbond substituents is 1. The number of nitro groups is 1. The van der Waals surface area contributed by atoms with Crippen molar-refractivity contribution < 1.29 is 23.2 Å². The van der Waals surface area contributed by atoms with Crippen LogP contribution in [0.2, 0.25) is 0 Å². The van der Waals surface area contributed by atoms with Gasteiger partial charge in [0.1, 0.15) is 5.75 Å². The minimum Gasteiger partial charge on any atom is -0.508 e. The van der Waals surface area contributed by atoms with Gasteiger partial charge in [-0.25, -0.2) is 0 Å². The van der Waals surface area contributed by atoms with Crippen molar-refractivity contribution >= 4 is 5.69 Å². The van der Waals surface area contributed by atoms with Gasteiger partial charge in [0.15, 0.2) is 0 Å². The van der Waals surface area contributed by atoms with E-state index in [0.717, 1.165) is 6.07 Å². The molecule has 2 rings (SSSR count). The minimum atomic E-state index is -4.34. The van der Waals surface area contributed by atoms with Gasteiger partial charge in [-0.1, -0.05) is 0 Å². The van der Waals surface area contributed by atoms with Crippen molar-refractivity contribution in [3.05, 3.63) is 33.9 Å². The average Bonchev–Trinajstić information content (AvgIpc) is 2.47. The number of nitrogens with one attached hydrogen (secondary N) is 1. The highest BCUT2D eigenvalue weighted by Crippen LogP contribution is 2.37. The second kappa shape index (κ2) is 7.14. The molecule has 6 nitrogen and oxygen atoms in total. The summed E-state index contributed by atoms with van der Waals surface area (Å²) in [5.41, 5.74) is -0.144. The normalized spacial score (nSPS) is 17.9. The molecule has 1 aromatic carbocycles. The van der Waals surface area contributed by atoms with Crippen LogP contribution >= 0.6 is 0 Å². The SMILES string of the molecule is O=[N+]([O-])c1ccc(O)cc1[C@@H](CCC(F)(F)F)N1CCNCC1. The zero-order valence-corrected chi connectivity index (χ0v) is 12.3. The highest BCUT2D eigenvalue weighted by Gasteiger charge is 2.34. The van der Waals surface area contributed by atoms with Crippen LogP contribution in [0.5, 0.6) is 5.75 Å². The number of hydrogen-bond acceptors (Lipinski definition) is 5. The van der Waals surface area contributed by atoms with E-state index in [1.807, 2.05) is 0 Å². The third-order valence-corrected chi connectivity index (χ3v) is 3.86. The van der Waals surface area contributed by atoms with Crippen LogP contribution in [0.3, 0.4) is 0 Å². The summed E-state index contributed by atoms with van der Waals surface area (Å²) in [5.74, 6) is -0.197. The van der Waals surface area contributed by atoms with Crippen LogP contribution in [0.15, 0.2) is 18.2 Å². The molecule has 1 heterocycles. The van der Waals surface area contributed by atoms with Crippen molar-refractivity contribution in [3.8, 4) is 5.75 Å². The van der Waals surface area contributed by atoms with E-state index < -0.39 is 23.6 Å². The van der Waals surface area contributed by atoms with Crippen LogP contribution in [0.25, 0.3) is 0 Å². The Bertz CT molecular complexity index is 560. The van der Waals surface area contributed by atoms with Crippen molar-refractivity contribution in [2.45, 2.75) is 25.1 Å². The summed E-state index contributed by atoms with van der Waals surface area (Å²) < 4.78 is 37.9. The Labute approximate surface area is 131 Å². The number of alkyl halides is 3. The number of rotatable bonds is 5. The summed E-state index contributed by atoms with van der Waals surface area (Å²) in [6.45, 7) is 2.20. The fraction of sp³-hybridized carbons (Fsp3) is 0.571. The van der Waals surface area contributed by atoms with Crippen LogP contribution < -0.4 is 5.32 Å². The van der Waals surface area contributed by atoms with Crippen molar-refractivity contribution in [2.24, 2.45) is 0 Å². The Hall–Kier alpha value is -1.87. The van der Waals surface area contributed by atoms with Crippen molar-refractivity contribution in [3.63, 3.8) is 0 Å². The molecule has 0 spiro atoms. The Balaban J connectivity index is 2.35. The first-order valence-corrected chi connectivity index (χ1v) is 7.27. The maximum Gasteiger partial charge on any atom is 0.389 e. The molecule has 1 fully saturated rings. The lowest BCUT2D eigenvalue weighted by atomic mass is 9.97. The summed E-state index contributed by atoms with van der Waals surface area (Å²) in [6.07, 6.45) is -5.65. The molecule has 1 aromatic rings. The van der Waals surface area contributed by atoms with Gasteiger partial charge >= 0.3 is 6.18 Å². The molecule has 1 atom stereocenters. The van der Waals surface area contributed by atoms with Crippen LogP contribution in [-0.4, -0.2) is 47.3 Å². The summed E-state index contributed by atoms with van der Waals surface area (Å²) in [6, 6.07) is 2.74. The second-order valence-corrected chi connectivity index (χ2v) is 5.46. The third-order valence-electron chi connectivity index (χ3n) is 3.86. The van der Waals surface area contributed by atoms with E-state index in [9.17, 15) is 28.4 Å². The summed E-state index contributed by atoms with van der Waals surface area (Å²) in [5, 5.41) is 23.9. The van der Waals surface area contributed by atoms with E-state index in [-0.39, 0.29) is 23.4 Å². The lowest BCUT2D eigenvalue weighted by Crippen LogP contribution is -2.45. The molecule has 2 N–H and O–H groups in total. The molecule has 23 heavy (non-hydrogen) atoms. The topological polar surface area (TPSA) is 78.6 Å². The zero-order valence-electron chi connectivity index (χ0n) is 12.3. The number of piperazine rings is 1. The van der Waals surface area contributed by atoms with Gasteiger partial charge < -0.3 is 10.4 Å². The maximum absolute atomic E-state index is 12.6. The lowest BCUT2D eigenvalue weighted by molar-refractivity contribution is -0.386. The number of halogens is 3. The van der Waals surface area contributed by atoms with Gasteiger partial charge in [0.25, 0.3) is 5.69 Å². The van der Waals surface area contributed by atoms with E-state index in [1.54, 1.807) is 4.90 Å².